The van der Waals surface area contributed by atoms with E-state index < -0.39 is 0 Å². The van der Waals surface area contributed by atoms with Crippen molar-refractivity contribution >= 4 is 16.8 Å². The first kappa shape index (κ1) is 19.6. The third-order valence-corrected chi connectivity index (χ3v) is 6.10. The molecular formula is C25H30N2O2. The highest BCUT2D eigenvalue weighted by atomic mass is 16.5. The van der Waals surface area contributed by atoms with Crippen LogP contribution in [0.4, 0.5) is 0 Å². The van der Waals surface area contributed by atoms with E-state index in [2.05, 4.69) is 37.0 Å². The number of ether oxygens (including phenoxy) is 1. The fourth-order valence-electron chi connectivity index (χ4n) is 4.44. The van der Waals surface area contributed by atoms with Crippen molar-refractivity contribution in [2.45, 2.75) is 46.0 Å². The molecule has 1 saturated heterocycles. The minimum atomic E-state index is 0.219. The predicted molar refractivity (Wildman–Crippen MR) is 118 cm³/mol. The molecule has 4 nitrogen and oxygen atoms in total. The highest BCUT2D eigenvalue weighted by Gasteiger charge is 2.26. The van der Waals surface area contributed by atoms with Crippen molar-refractivity contribution in [3.63, 3.8) is 0 Å². The minimum absolute atomic E-state index is 0.219. The van der Waals surface area contributed by atoms with Crippen molar-refractivity contribution in [2.24, 2.45) is 0 Å². The number of aromatic nitrogens is 1. The van der Waals surface area contributed by atoms with Gasteiger partial charge in [0.25, 0.3) is 0 Å². The van der Waals surface area contributed by atoms with Crippen LogP contribution in [0.25, 0.3) is 10.9 Å². The average molecular weight is 391 g/mol. The second kappa shape index (κ2) is 8.32. The van der Waals surface area contributed by atoms with E-state index in [9.17, 15) is 4.79 Å². The number of aryl methyl sites for hydroxylation is 2. The number of carbonyl (C=O) groups is 1. The van der Waals surface area contributed by atoms with E-state index in [4.69, 9.17) is 4.74 Å². The number of aromatic amines is 1. The molecule has 1 aliphatic rings. The molecule has 1 N–H and O–H groups in total. The molecule has 0 unspecified atom stereocenters. The first-order valence-corrected chi connectivity index (χ1v) is 10.6. The van der Waals surface area contributed by atoms with Crippen LogP contribution in [0, 0.1) is 13.8 Å². The molecule has 2 aromatic carbocycles. The number of hydrogen-bond donors (Lipinski definition) is 1. The van der Waals surface area contributed by atoms with Gasteiger partial charge in [0.05, 0.1) is 13.0 Å². The summed E-state index contributed by atoms with van der Waals surface area (Å²) in [6, 6.07) is 14.5. The first-order chi connectivity index (χ1) is 14.0. The summed E-state index contributed by atoms with van der Waals surface area (Å²) >= 11 is 0. The first-order valence-electron chi connectivity index (χ1n) is 10.6. The van der Waals surface area contributed by atoms with Crippen LogP contribution in [0.2, 0.25) is 0 Å². The number of fused-ring (bicyclic) bond motifs is 1. The molecule has 1 aromatic heterocycles. The molecule has 3 aromatic rings. The monoisotopic (exact) mass is 390 g/mol. The number of nitrogens with zero attached hydrogens (tertiary/aromatic N) is 1. The van der Waals surface area contributed by atoms with Crippen molar-refractivity contribution in [2.75, 3.05) is 19.7 Å². The lowest BCUT2D eigenvalue weighted by molar-refractivity contribution is -0.131. The van der Waals surface area contributed by atoms with Gasteiger partial charge in [0.2, 0.25) is 5.91 Å². The summed E-state index contributed by atoms with van der Waals surface area (Å²) in [6.07, 6.45) is 2.49. The standard InChI is InChI=1S/C25H30N2O2/c1-4-29-21-8-6-19(7-9-21)16-24(28)27-13-11-20(12-14-27)25-18(3)22-15-17(2)5-10-23(22)26-25/h5-10,15,20,26H,4,11-14,16H2,1-3H3. The Morgan fingerprint density at radius 1 is 1.10 bits per heavy atom. The predicted octanol–water partition coefficient (Wildman–Crippen LogP) is 5.13. The molecule has 1 aliphatic heterocycles. The molecule has 29 heavy (non-hydrogen) atoms. The number of carbonyl (C=O) groups excluding carboxylic acids is 1. The van der Waals surface area contributed by atoms with Crippen LogP contribution in [0.15, 0.2) is 42.5 Å². The molecular weight excluding hydrogens is 360 g/mol. The van der Waals surface area contributed by atoms with Gasteiger partial charge in [-0.05, 0) is 69.0 Å². The third-order valence-electron chi connectivity index (χ3n) is 6.10. The van der Waals surface area contributed by atoms with E-state index in [1.807, 2.05) is 36.1 Å². The van der Waals surface area contributed by atoms with Crippen molar-refractivity contribution in [3.8, 4) is 5.75 Å². The molecule has 0 aliphatic carbocycles. The quantitative estimate of drug-likeness (QED) is 0.656. The Hall–Kier alpha value is -2.75. The molecule has 0 bridgehead atoms. The Kier molecular flexibility index (Phi) is 5.61. The van der Waals surface area contributed by atoms with Crippen LogP contribution >= 0.6 is 0 Å². The molecule has 152 valence electrons. The summed E-state index contributed by atoms with van der Waals surface area (Å²) in [5.41, 5.74) is 6.27. The van der Waals surface area contributed by atoms with Crippen molar-refractivity contribution in [1.82, 2.24) is 9.88 Å². The smallest absolute Gasteiger partial charge is 0.226 e. The van der Waals surface area contributed by atoms with E-state index in [0.717, 1.165) is 37.2 Å². The maximum Gasteiger partial charge on any atom is 0.226 e. The summed E-state index contributed by atoms with van der Waals surface area (Å²) in [5, 5.41) is 1.33. The molecule has 0 radical (unpaired) electrons. The average Bonchev–Trinajstić information content (AvgIpc) is 3.06. The van der Waals surface area contributed by atoms with Gasteiger partial charge in [-0.15, -0.1) is 0 Å². The highest BCUT2D eigenvalue weighted by Crippen LogP contribution is 2.34. The van der Waals surface area contributed by atoms with Gasteiger partial charge in [0, 0.05) is 35.6 Å². The lowest BCUT2D eigenvalue weighted by atomic mass is 9.91. The van der Waals surface area contributed by atoms with Gasteiger partial charge in [0.15, 0.2) is 0 Å². The van der Waals surface area contributed by atoms with Crippen LogP contribution in [-0.2, 0) is 11.2 Å². The summed E-state index contributed by atoms with van der Waals surface area (Å²) in [4.78, 5) is 18.4. The number of hydrogen-bond acceptors (Lipinski definition) is 2. The molecule has 1 fully saturated rings. The van der Waals surface area contributed by atoms with Crippen LogP contribution in [0.3, 0.4) is 0 Å². The molecule has 0 atom stereocenters. The minimum Gasteiger partial charge on any atom is -0.494 e. The number of amides is 1. The molecule has 4 rings (SSSR count). The molecule has 2 heterocycles. The zero-order valence-corrected chi connectivity index (χ0v) is 17.6. The molecule has 0 spiro atoms. The van der Waals surface area contributed by atoms with Crippen LogP contribution in [0.5, 0.6) is 5.75 Å². The van der Waals surface area contributed by atoms with Crippen molar-refractivity contribution in [3.05, 3.63) is 64.8 Å². The van der Waals surface area contributed by atoms with E-state index in [1.54, 1.807) is 0 Å². The maximum atomic E-state index is 12.8. The Bertz CT molecular complexity index is 996. The lowest BCUT2D eigenvalue weighted by Crippen LogP contribution is -2.38. The summed E-state index contributed by atoms with van der Waals surface area (Å²) < 4.78 is 5.48. The fraction of sp³-hybridized carbons (Fsp3) is 0.400. The van der Waals surface area contributed by atoms with Gasteiger partial charge in [-0.2, -0.15) is 0 Å². The zero-order valence-electron chi connectivity index (χ0n) is 17.6. The molecule has 0 saturated carbocycles. The Morgan fingerprint density at radius 3 is 2.52 bits per heavy atom. The van der Waals surface area contributed by atoms with Gasteiger partial charge in [-0.3, -0.25) is 4.79 Å². The Morgan fingerprint density at radius 2 is 1.83 bits per heavy atom. The topological polar surface area (TPSA) is 45.3 Å². The van der Waals surface area contributed by atoms with Crippen molar-refractivity contribution < 1.29 is 9.53 Å². The third kappa shape index (κ3) is 4.16. The molecule has 4 heteroatoms. The summed E-state index contributed by atoms with van der Waals surface area (Å²) in [6.45, 7) is 8.64. The van der Waals surface area contributed by atoms with E-state index in [1.165, 1.54) is 27.7 Å². The summed E-state index contributed by atoms with van der Waals surface area (Å²) in [5.74, 6) is 1.57. The number of nitrogens with one attached hydrogen (secondary N) is 1. The second-order valence-electron chi connectivity index (χ2n) is 8.12. The fourth-order valence-corrected chi connectivity index (χ4v) is 4.44. The summed E-state index contributed by atoms with van der Waals surface area (Å²) in [7, 11) is 0. The maximum absolute atomic E-state index is 12.8. The molecule has 1 amide bonds. The number of H-pyrrole nitrogens is 1. The van der Waals surface area contributed by atoms with E-state index in [-0.39, 0.29) is 5.91 Å². The second-order valence-corrected chi connectivity index (χ2v) is 8.12. The van der Waals surface area contributed by atoms with Gasteiger partial charge < -0.3 is 14.6 Å². The number of rotatable bonds is 5. The van der Waals surface area contributed by atoms with Gasteiger partial charge in [-0.25, -0.2) is 0 Å². The van der Waals surface area contributed by atoms with Crippen molar-refractivity contribution in [1.29, 1.82) is 0 Å². The van der Waals surface area contributed by atoms with Gasteiger partial charge in [-0.1, -0.05) is 23.8 Å². The van der Waals surface area contributed by atoms with Crippen LogP contribution in [0.1, 0.15) is 48.1 Å². The number of benzene rings is 2. The highest BCUT2D eigenvalue weighted by molar-refractivity contribution is 5.85. The SMILES string of the molecule is CCOc1ccc(CC(=O)N2CCC(c3[nH]c4ccc(C)cc4c3C)CC2)cc1. The van der Waals surface area contributed by atoms with E-state index >= 15 is 0 Å². The van der Waals surface area contributed by atoms with Crippen LogP contribution < -0.4 is 4.74 Å². The number of piperidine rings is 1. The Balaban J connectivity index is 1.38. The van der Waals surface area contributed by atoms with Gasteiger partial charge in [0.1, 0.15) is 5.75 Å². The Labute approximate surface area is 172 Å². The van der Waals surface area contributed by atoms with E-state index in [0.29, 0.717) is 18.9 Å². The lowest BCUT2D eigenvalue weighted by Gasteiger charge is -2.32. The van der Waals surface area contributed by atoms with Crippen LogP contribution in [-0.4, -0.2) is 35.5 Å². The number of likely N-dealkylation sites (tertiary alicyclic amines) is 1. The zero-order chi connectivity index (χ0) is 20.4. The largest absolute Gasteiger partial charge is 0.494 e. The normalized spacial score (nSPS) is 15.1. The van der Waals surface area contributed by atoms with Gasteiger partial charge >= 0.3 is 0 Å².